The standard InChI is InChI=1S/C15H15N3O4S/c1-2-17-11-18(15(19)22-12-7-4-3-5-8-12)23(20,21)14-13(17)9-6-10-16-14/h3-10H,2,11H2,1H3. The van der Waals surface area contributed by atoms with Crippen LogP contribution in [0.4, 0.5) is 10.5 Å². The van der Waals surface area contributed by atoms with Crippen molar-refractivity contribution < 1.29 is 17.9 Å². The predicted octanol–water partition coefficient (Wildman–Crippen LogP) is 2.07. The van der Waals surface area contributed by atoms with Gasteiger partial charge in [-0.05, 0) is 31.2 Å². The van der Waals surface area contributed by atoms with Gasteiger partial charge >= 0.3 is 6.09 Å². The Labute approximate surface area is 134 Å². The maximum absolute atomic E-state index is 12.6. The van der Waals surface area contributed by atoms with Crippen molar-refractivity contribution in [1.29, 1.82) is 0 Å². The summed E-state index contributed by atoms with van der Waals surface area (Å²) in [6, 6.07) is 11.7. The lowest BCUT2D eigenvalue weighted by Crippen LogP contribution is -2.50. The van der Waals surface area contributed by atoms with E-state index in [2.05, 4.69) is 4.98 Å². The van der Waals surface area contributed by atoms with Crippen LogP contribution in [-0.2, 0) is 10.0 Å². The van der Waals surface area contributed by atoms with Gasteiger partial charge in [0.1, 0.15) is 12.4 Å². The molecule has 1 aliphatic heterocycles. The minimum atomic E-state index is -4.04. The van der Waals surface area contributed by atoms with E-state index in [1.807, 2.05) is 6.92 Å². The van der Waals surface area contributed by atoms with E-state index in [-0.39, 0.29) is 17.4 Å². The Bertz CT molecular complexity index is 824. The number of ether oxygens (including phenoxy) is 1. The topological polar surface area (TPSA) is 79.8 Å². The van der Waals surface area contributed by atoms with Crippen molar-refractivity contribution in [2.24, 2.45) is 0 Å². The van der Waals surface area contributed by atoms with E-state index in [0.717, 1.165) is 0 Å². The van der Waals surface area contributed by atoms with Crippen LogP contribution in [0.2, 0.25) is 0 Å². The normalized spacial score (nSPS) is 15.9. The average molecular weight is 333 g/mol. The minimum Gasteiger partial charge on any atom is -0.409 e. The van der Waals surface area contributed by atoms with Crippen LogP contribution in [0.5, 0.6) is 5.75 Å². The number of hydrogen-bond acceptors (Lipinski definition) is 6. The van der Waals surface area contributed by atoms with E-state index in [4.69, 9.17) is 4.74 Å². The highest BCUT2D eigenvalue weighted by Crippen LogP contribution is 2.31. The second-order valence-electron chi connectivity index (χ2n) is 4.86. The second kappa shape index (κ2) is 5.88. The summed E-state index contributed by atoms with van der Waals surface area (Å²) in [6.07, 6.45) is 0.432. The van der Waals surface area contributed by atoms with Gasteiger partial charge in [0, 0.05) is 12.7 Å². The Hall–Kier alpha value is -2.61. The molecule has 23 heavy (non-hydrogen) atoms. The zero-order valence-electron chi connectivity index (χ0n) is 12.4. The first kappa shape index (κ1) is 15.3. The molecule has 1 aromatic heterocycles. The Morgan fingerprint density at radius 2 is 1.96 bits per heavy atom. The fourth-order valence-corrected chi connectivity index (χ4v) is 3.69. The van der Waals surface area contributed by atoms with Gasteiger partial charge < -0.3 is 9.64 Å². The second-order valence-corrected chi connectivity index (χ2v) is 6.64. The molecule has 3 rings (SSSR count). The molecular weight excluding hydrogens is 318 g/mol. The molecule has 120 valence electrons. The van der Waals surface area contributed by atoms with Crippen LogP contribution < -0.4 is 9.64 Å². The molecular formula is C15H15N3O4S. The first-order chi connectivity index (χ1) is 11.0. The average Bonchev–Trinajstić information content (AvgIpc) is 2.56. The highest BCUT2D eigenvalue weighted by Gasteiger charge is 2.40. The van der Waals surface area contributed by atoms with Crippen LogP contribution >= 0.6 is 0 Å². The summed E-state index contributed by atoms with van der Waals surface area (Å²) in [5.74, 6) is 0.280. The summed E-state index contributed by atoms with van der Waals surface area (Å²) >= 11 is 0. The van der Waals surface area contributed by atoms with Gasteiger partial charge in [-0.25, -0.2) is 9.78 Å². The Morgan fingerprint density at radius 3 is 2.65 bits per heavy atom. The maximum atomic E-state index is 12.6. The van der Waals surface area contributed by atoms with E-state index in [1.54, 1.807) is 47.4 Å². The molecule has 1 aliphatic rings. The molecule has 0 saturated heterocycles. The molecule has 7 nitrogen and oxygen atoms in total. The number of para-hydroxylation sites is 1. The van der Waals surface area contributed by atoms with Crippen molar-refractivity contribution in [2.75, 3.05) is 18.1 Å². The number of pyridine rings is 1. The summed E-state index contributed by atoms with van der Waals surface area (Å²) < 4.78 is 31.1. The number of aromatic nitrogens is 1. The molecule has 0 atom stereocenters. The summed E-state index contributed by atoms with van der Waals surface area (Å²) in [5, 5.41) is -0.141. The van der Waals surface area contributed by atoms with Crippen molar-refractivity contribution in [3.63, 3.8) is 0 Å². The van der Waals surface area contributed by atoms with Gasteiger partial charge in [-0.2, -0.15) is 12.7 Å². The molecule has 0 radical (unpaired) electrons. The number of carbonyl (C=O) groups is 1. The van der Waals surface area contributed by atoms with Crippen LogP contribution in [0, 0.1) is 0 Å². The zero-order chi connectivity index (χ0) is 16.4. The molecule has 0 bridgehead atoms. The Balaban J connectivity index is 1.96. The fourth-order valence-electron chi connectivity index (χ4n) is 2.30. The molecule has 0 N–H and O–H groups in total. The lowest BCUT2D eigenvalue weighted by atomic mass is 10.3. The quantitative estimate of drug-likeness (QED) is 0.837. The fraction of sp³-hybridized carbons (Fsp3) is 0.200. The van der Waals surface area contributed by atoms with Gasteiger partial charge in [-0.15, -0.1) is 0 Å². The van der Waals surface area contributed by atoms with Gasteiger partial charge in [-0.1, -0.05) is 18.2 Å². The lowest BCUT2D eigenvalue weighted by molar-refractivity contribution is 0.178. The van der Waals surface area contributed by atoms with E-state index < -0.39 is 16.1 Å². The van der Waals surface area contributed by atoms with E-state index in [1.165, 1.54) is 6.20 Å². The van der Waals surface area contributed by atoms with Crippen molar-refractivity contribution in [1.82, 2.24) is 9.29 Å². The molecule has 0 fully saturated rings. The number of hydrogen-bond donors (Lipinski definition) is 0. The number of nitrogens with zero attached hydrogens (tertiary/aromatic N) is 3. The summed E-state index contributed by atoms with van der Waals surface area (Å²) in [6.45, 7) is 2.29. The van der Waals surface area contributed by atoms with Crippen molar-refractivity contribution in [3.05, 3.63) is 48.7 Å². The summed E-state index contributed by atoms with van der Waals surface area (Å²) in [4.78, 5) is 18.0. The van der Waals surface area contributed by atoms with Crippen LogP contribution in [0.3, 0.4) is 0 Å². The van der Waals surface area contributed by atoms with Gasteiger partial charge in [0.25, 0.3) is 10.0 Å². The van der Waals surface area contributed by atoms with E-state index in [0.29, 0.717) is 16.5 Å². The lowest BCUT2D eigenvalue weighted by Gasteiger charge is -2.35. The summed E-state index contributed by atoms with van der Waals surface area (Å²) in [5.41, 5.74) is 0.485. The SMILES string of the molecule is CCN1CN(C(=O)Oc2ccccc2)S(=O)(=O)c2ncccc21. The molecule has 1 aromatic carbocycles. The smallest absolute Gasteiger partial charge is 0.409 e. The first-order valence-electron chi connectivity index (χ1n) is 7.03. The third kappa shape index (κ3) is 2.72. The van der Waals surface area contributed by atoms with Crippen LogP contribution in [0.25, 0.3) is 0 Å². The van der Waals surface area contributed by atoms with Crippen LogP contribution in [0.1, 0.15) is 6.92 Å². The molecule has 2 heterocycles. The number of carbonyl (C=O) groups excluding carboxylic acids is 1. The number of benzene rings is 1. The van der Waals surface area contributed by atoms with E-state index >= 15 is 0 Å². The number of sulfonamides is 1. The number of rotatable bonds is 2. The zero-order valence-corrected chi connectivity index (χ0v) is 13.2. The van der Waals surface area contributed by atoms with Crippen molar-refractivity contribution in [3.8, 4) is 5.75 Å². The molecule has 8 heteroatoms. The number of fused-ring (bicyclic) bond motifs is 1. The Morgan fingerprint density at radius 1 is 1.22 bits per heavy atom. The Kier molecular flexibility index (Phi) is 3.91. The third-order valence-corrected chi connectivity index (χ3v) is 5.11. The molecule has 0 saturated carbocycles. The van der Waals surface area contributed by atoms with E-state index in [9.17, 15) is 13.2 Å². The summed E-state index contributed by atoms with van der Waals surface area (Å²) in [7, 11) is -4.04. The molecule has 1 amide bonds. The minimum absolute atomic E-state index is 0.108. The monoisotopic (exact) mass is 333 g/mol. The molecule has 0 aliphatic carbocycles. The van der Waals surface area contributed by atoms with Gasteiger partial charge in [0.15, 0.2) is 5.03 Å². The molecule has 0 spiro atoms. The van der Waals surface area contributed by atoms with Gasteiger partial charge in [0.2, 0.25) is 0 Å². The first-order valence-corrected chi connectivity index (χ1v) is 8.47. The van der Waals surface area contributed by atoms with Crippen LogP contribution in [-0.4, -0.2) is 37.0 Å². The number of amides is 1. The molecule has 2 aromatic rings. The highest BCUT2D eigenvalue weighted by atomic mass is 32.2. The van der Waals surface area contributed by atoms with Crippen LogP contribution in [0.15, 0.2) is 53.7 Å². The van der Waals surface area contributed by atoms with Gasteiger partial charge in [-0.3, -0.25) is 0 Å². The highest BCUT2D eigenvalue weighted by molar-refractivity contribution is 7.89. The van der Waals surface area contributed by atoms with Crippen molar-refractivity contribution >= 4 is 21.8 Å². The van der Waals surface area contributed by atoms with Gasteiger partial charge in [0.05, 0.1) is 5.69 Å². The largest absolute Gasteiger partial charge is 0.430 e. The predicted molar refractivity (Wildman–Crippen MR) is 83.6 cm³/mol. The molecule has 0 unspecified atom stereocenters. The third-order valence-electron chi connectivity index (χ3n) is 3.46. The van der Waals surface area contributed by atoms with Crippen molar-refractivity contribution in [2.45, 2.75) is 11.9 Å². The number of anilines is 1. The maximum Gasteiger partial charge on any atom is 0.430 e.